The minimum absolute atomic E-state index is 0.122. The van der Waals surface area contributed by atoms with Crippen LogP contribution in [0.2, 0.25) is 0 Å². The van der Waals surface area contributed by atoms with E-state index in [4.69, 9.17) is 10.2 Å². The van der Waals surface area contributed by atoms with E-state index in [1.54, 1.807) is 7.11 Å². The minimum atomic E-state index is -0.254. The third-order valence-corrected chi connectivity index (χ3v) is 10.3. The Labute approximate surface area is 318 Å². The molecule has 54 heavy (non-hydrogen) atoms. The maximum absolute atomic E-state index is 13.8. The molecule has 0 aromatic heterocycles. The summed E-state index contributed by atoms with van der Waals surface area (Å²) in [5.41, 5.74) is 2.18. The van der Waals surface area contributed by atoms with Gasteiger partial charge in [-0.2, -0.15) is 0 Å². The SMILES string of the molecule is CC(C)CC(C)O.CCCCCCN1C(=O)c2ccc3c4ccc5c6c(ccc(c7ccc(c2c37)C1=O)c64)C(=O)N(C(C)CC(C)C)C5=O.COCCO. The summed E-state index contributed by atoms with van der Waals surface area (Å²) < 4.78 is 4.44. The number of unbranched alkanes of at least 4 members (excludes halogenated alkanes) is 3. The molecule has 0 bridgehead atoms. The van der Waals surface area contributed by atoms with E-state index >= 15 is 0 Å². The van der Waals surface area contributed by atoms with Gasteiger partial charge in [0.05, 0.1) is 19.3 Å². The zero-order valence-corrected chi connectivity index (χ0v) is 33.1. The van der Waals surface area contributed by atoms with E-state index in [-0.39, 0.29) is 42.4 Å². The highest BCUT2D eigenvalue weighted by atomic mass is 16.5. The Balaban J connectivity index is 0.000000407. The quantitative estimate of drug-likeness (QED) is 0.0567. The van der Waals surface area contributed by atoms with Crippen molar-refractivity contribution in [3.05, 3.63) is 70.8 Å². The largest absolute Gasteiger partial charge is 0.394 e. The lowest BCUT2D eigenvalue weighted by Crippen LogP contribution is -2.46. The van der Waals surface area contributed by atoms with E-state index in [1.165, 1.54) is 9.80 Å². The van der Waals surface area contributed by atoms with Crippen molar-refractivity contribution in [2.24, 2.45) is 11.8 Å². The van der Waals surface area contributed by atoms with Gasteiger partial charge in [-0.05, 0) is 102 Å². The van der Waals surface area contributed by atoms with E-state index in [0.29, 0.717) is 58.0 Å². The van der Waals surface area contributed by atoms with Crippen molar-refractivity contribution < 1.29 is 34.1 Å². The van der Waals surface area contributed by atoms with Gasteiger partial charge in [-0.25, -0.2) is 0 Å². The average molecular weight is 737 g/mol. The second-order valence-corrected chi connectivity index (χ2v) is 15.6. The number of imide groups is 2. The maximum atomic E-state index is 13.8. The molecule has 2 aliphatic heterocycles. The second-order valence-electron chi connectivity index (χ2n) is 15.6. The lowest BCUT2D eigenvalue weighted by atomic mass is 9.82. The number of carbonyl (C=O) groups excluding carboxylic acids is 4. The second kappa shape index (κ2) is 17.4. The van der Waals surface area contributed by atoms with Crippen molar-refractivity contribution >= 4 is 66.7 Å². The van der Waals surface area contributed by atoms with Gasteiger partial charge in [0.15, 0.2) is 0 Å². The number of fused-ring (bicyclic) bond motifs is 2. The Morgan fingerprint density at radius 1 is 0.593 bits per heavy atom. The van der Waals surface area contributed by atoms with Crippen molar-refractivity contribution in [1.82, 2.24) is 9.80 Å². The number of aliphatic hydroxyl groups excluding tert-OH is 2. The van der Waals surface area contributed by atoms with E-state index < -0.39 is 0 Å². The van der Waals surface area contributed by atoms with Crippen LogP contribution < -0.4 is 0 Å². The summed E-state index contributed by atoms with van der Waals surface area (Å²) in [5, 5.41) is 23.5. The molecule has 7 rings (SSSR count). The Hall–Kier alpha value is -4.44. The molecule has 9 nitrogen and oxygen atoms in total. The normalized spacial score (nSPS) is 15.1. The minimum Gasteiger partial charge on any atom is -0.394 e. The molecule has 2 N–H and O–H groups in total. The topological polar surface area (TPSA) is 124 Å². The van der Waals surface area contributed by atoms with Crippen molar-refractivity contribution in [3.63, 3.8) is 0 Å². The molecule has 0 fully saturated rings. The van der Waals surface area contributed by atoms with Gasteiger partial charge in [0.25, 0.3) is 23.6 Å². The molecular formula is C45H56N2O7. The Morgan fingerprint density at radius 2 is 1.02 bits per heavy atom. The first-order chi connectivity index (χ1) is 25.8. The van der Waals surface area contributed by atoms with Gasteiger partial charge in [0.1, 0.15) is 0 Å². The molecule has 0 spiro atoms. The molecule has 2 atom stereocenters. The van der Waals surface area contributed by atoms with Crippen LogP contribution in [-0.2, 0) is 4.74 Å². The number of rotatable bonds is 12. The molecule has 0 saturated heterocycles. The van der Waals surface area contributed by atoms with Crippen molar-refractivity contribution in [3.8, 4) is 0 Å². The van der Waals surface area contributed by atoms with Crippen LogP contribution in [-0.4, -0.2) is 82.7 Å². The third kappa shape index (κ3) is 7.72. The molecular weight excluding hydrogens is 681 g/mol. The molecule has 2 aliphatic rings. The summed E-state index contributed by atoms with van der Waals surface area (Å²) in [6.45, 7) is 15.3. The lowest BCUT2D eigenvalue weighted by molar-refractivity contribution is 0.0532. The summed E-state index contributed by atoms with van der Waals surface area (Å²) in [7, 11) is 1.55. The van der Waals surface area contributed by atoms with Crippen LogP contribution in [0, 0.1) is 11.8 Å². The first-order valence-corrected chi connectivity index (χ1v) is 19.5. The zero-order chi connectivity index (χ0) is 39.4. The van der Waals surface area contributed by atoms with E-state index in [0.717, 1.165) is 70.8 Å². The molecule has 2 heterocycles. The van der Waals surface area contributed by atoms with Crippen LogP contribution in [0.25, 0.3) is 43.1 Å². The summed E-state index contributed by atoms with van der Waals surface area (Å²) in [4.78, 5) is 57.6. The van der Waals surface area contributed by atoms with E-state index in [1.807, 2.05) is 62.4 Å². The molecule has 4 amide bonds. The van der Waals surface area contributed by atoms with Gasteiger partial charge in [-0.3, -0.25) is 29.0 Å². The summed E-state index contributed by atoms with van der Waals surface area (Å²) in [5.74, 6) is -0.0137. The fourth-order valence-corrected chi connectivity index (χ4v) is 8.20. The molecule has 0 saturated carbocycles. The zero-order valence-electron chi connectivity index (χ0n) is 33.1. The standard InChI is InChI=1S/C36H34N2O4.C6H14O.C3H8O2/c1-5-6-7-8-17-37-33(39)25-13-9-21-23-11-15-27-32-28(36(42)38(35(27)41)20(4)18-19(2)3)16-12-24(30(23)32)22-10-14-26(34(37)40)31(25)29(21)22;1-5(2)4-6(3)7;1-5-3-2-4/h9-16,19-20H,5-8,17-18H2,1-4H3;5-7H,4H2,1-3H3;4H,2-3H2,1H3. The number of methoxy groups -OCH3 is 1. The fourth-order valence-electron chi connectivity index (χ4n) is 8.20. The van der Waals surface area contributed by atoms with Gasteiger partial charge in [-0.15, -0.1) is 0 Å². The summed E-state index contributed by atoms with van der Waals surface area (Å²) in [6, 6.07) is 15.0. The molecule has 5 aromatic carbocycles. The predicted molar refractivity (Wildman–Crippen MR) is 217 cm³/mol. The van der Waals surface area contributed by atoms with Gasteiger partial charge in [-0.1, -0.05) is 78.1 Å². The van der Waals surface area contributed by atoms with Gasteiger partial charge >= 0.3 is 0 Å². The highest BCUT2D eigenvalue weighted by Crippen LogP contribution is 2.46. The van der Waals surface area contributed by atoms with Crippen LogP contribution in [0.4, 0.5) is 0 Å². The first kappa shape index (κ1) is 40.7. The average Bonchev–Trinajstić information content (AvgIpc) is 3.12. The molecule has 5 aromatic rings. The molecule has 288 valence electrons. The van der Waals surface area contributed by atoms with Crippen molar-refractivity contribution in [1.29, 1.82) is 0 Å². The predicted octanol–water partition coefficient (Wildman–Crippen LogP) is 8.98. The number of carbonyl (C=O) groups is 4. The Morgan fingerprint density at radius 3 is 1.33 bits per heavy atom. The summed E-state index contributed by atoms with van der Waals surface area (Å²) >= 11 is 0. The maximum Gasteiger partial charge on any atom is 0.261 e. The van der Waals surface area contributed by atoms with Crippen LogP contribution in [0.15, 0.2) is 48.5 Å². The smallest absolute Gasteiger partial charge is 0.261 e. The van der Waals surface area contributed by atoms with Gasteiger partial charge in [0.2, 0.25) is 0 Å². The summed E-state index contributed by atoms with van der Waals surface area (Å²) in [6.07, 6.45) is 5.48. The van der Waals surface area contributed by atoms with Crippen LogP contribution in [0.5, 0.6) is 0 Å². The van der Waals surface area contributed by atoms with Crippen molar-refractivity contribution in [2.45, 2.75) is 99.1 Å². The Kier molecular flexibility index (Phi) is 13.1. The van der Waals surface area contributed by atoms with Gasteiger partial charge < -0.3 is 14.9 Å². The number of hydrogen-bond donors (Lipinski definition) is 2. The third-order valence-electron chi connectivity index (χ3n) is 10.3. The first-order valence-electron chi connectivity index (χ1n) is 19.5. The number of nitrogens with zero attached hydrogens (tertiary/aromatic N) is 2. The highest BCUT2D eigenvalue weighted by Gasteiger charge is 2.38. The molecule has 0 aliphatic carbocycles. The van der Waals surface area contributed by atoms with E-state index in [2.05, 4.69) is 39.4 Å². The van der Waals surface area contributed by atoms with E-state index in [9.17, 15) is 19.2 Å². The van der Waals surface area contributed by atoms with Crippen LogP contribution in [0.3, 0.4) is 0 Å². The number of aliphatic hydroxyl groups is 2. The molecule has 2 unspecified atom stereocenters. The van der Waals surface area contributed by atoms with Gasteiger partial charge in [0, 0.05) is 52.7 Å². The number of ether oxygens (including phenoxy) is 1. The lowest BCUT2D eigenvalue weighted by Gasteiger charge is -2.33. The number of amides is 4. The highest BCUT2D eigenvalue weighted by molar-refractivity contribution is 6.41. The molecule has 9 heteroatoms. The number of benzene rings is 5. The molecule has 0 radical (unpaired) electrons. The number of hydrogen-bond acceptors (Lipinski definition) is 7. The van der Waals surface area contributed by atoms with Crippen molar-refractivity contribution in [2.75, 3.05) is 26.9 Å². The van der Waals surface area contributed by atoms with Crippen LogP contribution >= 0.6 is 0 Å². The fraction of sp³-hybridized carbons (Fsp3) is 0.467. The monoisotopic (exact) mass is 736 g/mol. The Bertz CT molecular complexity index is 2040. The van der Waals surface area contributed by atoms with Crippen LogP contribution in [0.1, 0.15) is 128 Å².